The van der Waals surface area contributed by atoms with E-state index in [1.165, 1.54) is 32.1 Å². The van der Waals surface area contributed by atoms with E-state index in [0.717, 1.165) is 29.7 Å². The minimum absolute atomic E-state index is 0.665. The highest BCUT2D eigenvalue weighted by atomic mass is 15.0. The molecule has 0 aliphatic heterocycles. The highest BCUT2D eigenvalue weighted by Gasteiger charge is 2.53. The standard InChI is InChI=1S/C19H35N/c1-5-13(2)6-14(3)20-15(4)19-10-16-7-17(11-19)9-18(8-16)12-19/h13-18,20H,5-12H2,1-4H3. The van der Waals surface area contributed by atoms with Crippen molar-refractivity contribution in [3.8, 4) is 0 Å². The minimum atomic E-state index is 0.665. The van der Waals surface area contributed by atoms with Gasteiger partial charge in [0, 0.05) is 12.1 Å². The third-order valence-electron chi connectivity index (χ3n) is 6.99. The number of nitrogens with one attached hydrogen (secondary N) is 1. The molecule has 0 amide bonds. The van der Waals surface area contributed by atoms with E-state index in [9.17, 15) is 0 Å². The van der Waals surface area contributed by atoms with Crippen molar-refractivity contribution in [2.24, 2.45) is 29.1 Å². The summed E-state index contributed by atoms with van der Waals surface area (Å²) in [6, 6.07) is 1.42. The van der Waals surface area contributed by atoms with Crippen LogP contribution in [-0.2, 0) is 0 Å². The summed E-state index contributed by atoms with van der Waals surface area (Å²) in [6.45, 7) is 9.62. The van der Waals surface area contributed by atoms with Gasteiger partial charge in [0.05, 0.1) is 0 Å². The average molecular weight is 277 g/mol. The first kappa shape index (κ1) is 14.9. The Balaban J connectivity index is 1.60. The van der Waals surface area contributed by atoms with Gasteiger partial charge in [-0.3, -0.25) is 0 Å². The molecule has 4 bridgehead atoms. The molecule has 116 valence electrons. The van der Waals surface area contributed by atoms with Crippen molar-refractivity contribution in [3.05, 3.63) is 0 Å². The van der Waals surface area contributed by atoms with E-state index in [-0.39, 0.29) is 0 Å². The predicted molar refractivity (Wildman–Crippen MR) is 86.7 cm³/mol. The Morgan fingerprint density at radius 2 is 1.45 bits per heavy atom. The number of rotatable bonds is 6. The molecular weight excluding hydrogens is 242 g/mol. The van der Waals surface area contributed by atoms with Gasteiger partial charge in [-0.25, -0.2) is 0 Å². The van der Waals surface area contributed by atoms with Gasteiger partial charge in [-0.2, -0.15) is 0 Å². The summed E-state index contributed by atoms with van der Waals surface area (Å²) >= 11 is 0. The zero-order chi connectivity index (χ0) is 14.3. The van der Waals surface area contributed by atoms with E-state index in [0.29, 0.717) is 11.5 Å². The molecule has 0 aromatic rings. The molecule has 1 N–H and O–H groups in total. The largest absolute Gasteiger partial charge is 0.311 e. The molecule has 4 rings (SSSR count). The quantitative estimate of drug-likeness (QED) is 0.720. The summed E-state index contributed by atoms with van der Waals surface area (Å²) in [4.78, 5) is 0. The van der Waals surface area contributed by atoms with E-state index in [1.54, 1.807) is 19.3 Å². The Morgan fingerprint density at radius 1 is 0.950 bits per heavy atom. The van der Waals surface area contributed by atoms with Crippen molar-refractivity contribution in [1.29, 1.82) is 0 Å². The highest BCUT2D eigenvalue weighted by Crippen LogP contribution is 2.61. The van der Waals surface area contributed by atoms with Crippen LogP contribution in [0.5, 0.6) is 0 Å². The predicted octanol–water partition coefficient (Wildman–Crippen LogP) is 5.01. The van der Waals surface area contributed by atoms with Crippen LogP contribution in [0.2, 0.25) is 0 Å². The van der Waals surface area contributed by atoms with Crippen LogP contribution >= 0.6 is 0 Å². The van der Waals surface area contributed by atoms with Crippen LogP contribution < -0.4 is 5.32 Å². The summed E-state index contributed by atoms with van der Waals surface area (Å²) in [5.74, 6) is 4.10. The lowest BCUT2D eigenvalue weighted by Gasteiger charge is -2.59. The smallest absolute Gasteiger partial charge is 0.00979 e. The lowest BCUT2D eigenvalue weighted by Crippen LogP contribution is -2.56. The van der Waals surface area contributed by atoms with Crippen molar-refractivity contribution in [1.82, 2.24) is 5.32 Å². The maximum atomic E-state index is 4.00. The Kier molecular flexibility index (Phi) is 4.19. The van der Waals surface area contributed by atoms with Gasteiger partial charge in [-0.1, -0.05) is 20.3 Å². The summed E-state index contributed by atoms with van der Waals surface area (Å²) in [5.41, 5.74) is 0.665. The zero-order valence-electron chi connectivity index (χ0n) is 14.1. The molecule has 0 saturated heterocycles. The molecule has 1 heteroatoms. The molecule has 3 atom stereocenters. The molecule has 0 aromatic carbocycles. The summed E-state index contributed by atoms with van der Waals surface area (Å²) in [6.07, 6.45) is 11.9. The molecule has 4 saturated carbocycles. The molecule has 0 aromatic heterocycles. The second kappa shape index (κ2) is 5.63. The Morgan fingerprint density at radius 3 is 1.90 bits per heavy atom. The molecule has 0 radical (unpaired) electrons. The van der Waals surface area contributed by atoms with Gasteiger partial charge < -0.3 is 5.32 Å². The van der Waals surface area contributed by atoms with Crippen molar-refractivity contribution < 1.29 is 0 Å². The normalized spacial score (nSPS) is 43.5. The lowest BCUT2D eigenvalue weighted by atomic mass is 9.48. The maximum absolute atomic E-state index is 4.00. The molecule has 3 unspecified atom stereocenters. The van der Waals surface area contributed by atoms with E-state index >= 15 is 0 Å². The third kappa shape index (κ3) is 2.80. The third-order valence-corrected chi connectivity index (χ3v) is 6.99. The topological polar surface area (TPSA) is 12.0 Å². The number of hydrogen-bond acceptors (Lipinski definition) is 1. The van der Waals surface area contributed by atoms with Gasteiger partial charge in [-0.15, -0.1) is 0 Å². The Bertz CT molecular complexity index is 299. The molecule has 4 aliphatic carbocycles. The second-order valence-corrected chi connectivity index (χ2v) is 8.82. The monoisotopic (exact) mass is 277 g/mol. The fourth-order valence-corrected chi connectivity index (χ4v) is 6.15. The van der Waals surface area contributed by atoms with E-state index < -0.39 is 0 Å². The first-order valence-electron chi connectivity index (χ1n) is 9.26. The van der Waals surface area contributed by atoms with Crippen LogP contribution in [0.25, 0.3) is 0 Å². The van der Waals surface area contributed by atoms with Gasteiger partial charge >= 0.3 is 0 Å². The highest BCUT2D eigenvalue weighted by molar-refractivity contribution is 5.05. The molecule has 4 aliphatic rings. The summed E-state index contributed by atoms with van der Waals surface area (Å²) < 4.78 is 0. The lowest BCUT2D eigenvalue weighted by molar-refractivity contribution is -0.0721. The van der Waals surface area contributed by atoms with E-state index in [2.05, 4.69) is 33.0 Å². The van der Waals surface area contributed by atoms with Crippen LogP contribution in [-0.4, -0.2) is 12.1 Å². The van der Waals surface area contributed by atoms with Crippen molar-refractivity contribution >= 4 is 0 Å². The summed E-state index contributed by atoms with van der Waals surface area (Å²) in [5, 5.41) is 4.00. The van der Waals surface area contributed by atoms with Gasteiger partial charge in [0.1, 0.15) is 0 Å². The van der Waals surface area contributed by atoms with Gasteiger partial charge in [-0.05, 0) is 87.9 Å². The van der Waals surface area contributed by atoms with E-state index in [4.69, 9.17) is 0 Å². The maximum Gasteiger partial charge on any atom is 0.00979 e. The van der Waals surface area contributed by atoms with Crippen molar-refractivity contribution in [2.45, 2.75) is 91.1 Å². The Hall–Kier alpha value is -0.0400. The molecule has 20 heavy (non-hydrogen) atoms. The first-order chi connectivity index (χ1) is 9.50. The van der Waals surface area contributed by atoms with Crippen molar-refractivity contribution in [2.75, 3.05) is 0 Å². The van der Waals surface area contributed by atoms with Gasteiger partial charge in [0.15, 0.2) is 0 Å². The molecule has 4 fully saturated rings. The fourth-order valence-electron chi connectivity index (χ4n) is 6.15. The fraction of sp³-hybridized carbons (Fsp3) is 1.00. The molecule has 1 nitrogen and oxygen atoms in total. The Labute approximate surface area is 126 Å². The van der Waals surface area contributed by atoms with Crippen LogP contribution in [0.1, 0.15) is 79.1 Å². The minimum Gasteiger partial charge on any atom is -0.311 e. The second-order valence-electron chi connectivity index (χ2n) is 8.82. The first-order valence-corrected chi connectivity index (χ1v) is 9.26. The van der Waals surface area contributed by atoms with Crippen LogP contribution in [0.15, 0.2) is 0 Å². The average Bonchev–Trinajstić information content (AvgIpc) is 2.36. The SMILES string of the molecule is CCC(C)CC(C)NC(C)C12CC3CC(CC(C3)C1)C2. The summed E-state index contributed by atoms with van der Waals surface area (Å²) in [7, 11) is 0. The number of hydrogen-bond donors (Lipinski definition) is 1. The van der Waals surface area contributed by atoms with Crippen molar-refractivity contribution in [3.63, 3.8) is 0 Å². The zero-order valence-corrected chi connectivity index (χ0v) is 14.1. The van der Waals surface area contributed by atoms with Crippen LogP contribution in [0.4, 0.5) is 0 Å². The van der Waals surface area contributed by atoms with Crippen LogP contribution in [0.3, 0.4) is 0 Å². The van der Waals surface area contributed by atoms with Crippen LogP contribution in [0, 0.1) is 29.1 Å². The van der Waals surface area contributed by atoms with Gasteiger partial charge in [0.25, 0.3) is 0 Å². The molecule has 0 spiro atoms. The molecular formula is C19H35N. The van der Waals surface area contributed by atoms with Gasteiger partial charge in [0.2, 0.25) is 0 Å². The molecule has 0 heterocycles. The van der Waals surface area contributed by atoms with E-state index in [1.807, 2.05) is 0 Å².